The quantitative estimate of drug-likeness (QED) is 0.304. The first kappa shape index (κ1) is 22.5. The number of non-ortho nitro benzene ring substituents is 1. The highest BCUT2D eigenvalue weighted by molar-refractivity contribution is 7.07. The van der Waals surface area contributed by atoms with E-state index in [1.165, 1.54) is 28.0 Å². The molecule has 0 fully saturated rings. The Hall–Kier alpha value is -4.25. The van der Waals surface area contributed by atoms with Crippen LogP contribution in [-0.4, -0.2) is 28.9 Å². The van der Waals surface area contributed by atoms with Crippen LogP contribution >= 0.6 is 11.3 Å². The van der Waals surface area contributed by atoms with E-state index < -0.39 is 16.9 Å². The van der Waals surface area contributed by atoms with Gasteiger partial charge in [0.05, 0.1) is 33.4 Å². The Morgan fingerprint density at radius 1 is 1.26 bits per heavy atom. The number of esters is 1. The summed E-state index contributed by atoms with van der Waals surface area (Å²) in [5.74, 6) is 0.548. The minimum Gasteiger partial charge on any atom is -0.463 e. The van der Waals surface area contributed by atoms with Gasteiger partial charge < -0.3 is 14.2 Å². The molecule has 11 heteroatoms. The molecule has 0 saturated carbocycles. The Bertz CT molecular complexity index is 1570. The molecule has 0 saturated heterocycles. The van der Waals surface area contributed by atoms with Crippen molar-refractivity contribution in [1.82, 2.24) is 4.57 Å². The lowest BCUT2D eigenvalue weighted by atomic mass is 9.95. The normalized spacial score (nSPS) is 16.6. The number of ether oxygens (including phenoxy) is 3. The molecular formula is C24H19N3O7S. The zero-order valence-electron chi connectivity index (χ0n) is 18.7. The van der Waals surface area contributed by atoms with E-state index in [0.717, 1.165) is 0 Å². The number of fused-ring (bicyclic) bond motifs is 2. The standard InChI is InChI=1S/C24H19N3O7S/c1-3-32-23(29)20-13(2)25-24-26(21(20)15-6-9-17-18(11-15)34-12-33-17)22(28)19(35-24)10-14-4-7-16(8-5-14)27(30)31/h4-11,21H,3,12H2,1-2H3/b19-10-/t21-/m0/s1. The number of aromatic nitrogens is 1. The molecule has 0 aliphatic carbocycles. The summed E-state index contributed by atoms with van der Waals surface area (Å²) in [6.07, 6.45) is 1.65. The van der Waals surface area contributed by atoms with Gasteiger partial charge in [0.2, 0.25) is 6.79 Å². The lowest BCUT2D eigenvalue weighted by Crippen LogP contribution is -2.39. The number of hydrogen-bond donors (Lipinski definition) is 0. The van der Waals surface area contributed by atoms with Gasteiger partial charge in [0, 0.05) is 12.1 Å². The van der Waals surface area contributed by atoms with Crippen LogP contribution in [0.25, 0.3) is 6.08 Å². The Morgan fingerprint density at radius 3 is 2.71 bits per heavy atom. The van der Waals surface area contributed by atoms with Crippen molar-refractivity contribution < 1.29 is 23.9 Å². The molecule has 0 spiro atoms. The van der Waals surface area contributed by atoms with Crippen molar-refractivity contribution in [1.29, 1.82) is 0 Å². The van der Waals surface area contributed by atoms with E-state index in [1.807, 2.05) is 0 Å². The summed E-state index contributed by atoms with van der Waals surface area (Å²) in [5.41, 5.74) is 1.61. The molecule has 35 heavy (non-hydrogen) atoms. The Labute approximate surface area is 202 Å². The molecule has 2 aromatic carbocycles. The fourth-order valence-corrected chi connectivity index (χ4v) is 5.08. The molecule has 5 rings (SSSR count). The van der Waals surface area contributed by atoms with Crippen molar-refractivity contribution in [3.8, 4) is 11.5 Å². The van der Waals surface area contributed by atoms with Crippen molar-refractivity contribution in [2.24, 2.45) is 4.99 Å². The minimum absolute atomic E-state index is 0.0406. The average molecular weight is 493 g/mol. The number of carbonyl (C=O) groups excluding carboxylic acids is 1. The predicted octanol–water partition coefficient (Wildman–Crippen LogP) is 2.44. The zero-order chi connectivity index (χ0) is 24.7. The highest BCUT2D eigenvalue weighted by Gasteiger charge is 2.34. The highest BCUT2D eigenvalue weighted by Crippen LogP contribution is 2.38. The van der Waals surface area contributed by atoms with E-state index in [0.29, 0.717) is 37.7 Å². The summed E-state index contributed by atoms with van der Waals surface area (Å²) in [5, 5.41) is 10.9. The third-order valence-electron chi connectivity index (χ3n) is 5.63. The number of allylic oxidation sites excluding steroid dienone is 1. The second-order valence-electron chi connectivity index (χ2n) is 7.76. The molecule has 1 atom stereocenters. The molecule has 10 nitrogen and oxygen atoms in total. The van der Waals surface area contributed by atoms with Crippen LogP contribution in [0.4, 0.5) is 5.69 Å². The molecule has 1 aromatic heterocycles. The van der Waals surface area contributed by atoms with E-state index >= 15 is 0 Å². The average Bonchev–Trinajstić information content (AvgIpc) is 3.42. The maximum Gasteiger partial charge on any atom is 0.338 e. The van der Waals surface area contributed by atoms with Gasteiger partial charge in [-0.15, -0.1) is 0 Å². The summed E-state index contributed by atoms with van der Waals surface area (Å²) >= 11 is 1.17. The van der Waals surface area contributed by atoms with E-state index in [1.54, 1.807) is 50.3 Å². The van der Waals surface area contributed by atoms with E-state index in [2.05, 4.69) is 4.99 Å². The summed E-state index contributed by atoms with van der Waals surface area (Å²) in [6.45, 7) is 3.69. The van der Waals surface area contributed by atoms with Crippen molar-refractivity contribution in [3.05, 3.63) is 94.7 Å². The molecule has 0 unspecified atom stereocenters. The minimum atomic E-state index is -0.779. The number of benzene rings is 2. The topological polar surface area (TPSA) is 122 Å². The number of nitrogens with zero attached hydrogens (tertiary/aromatic N) is 3. The smallest absolute Gasteiger partial charge is 0.338 e. The van der Waals surface area contributed by atoms with Crippen LogP contribution in [0.3, 0.4) is 0 Å². The maximum atomic E-state index is 13.6. The van der Waals surface area contributed by atoms with Gasteiger partial charge >= 0.3 is 5.97 Å². The summed E-state index contributed by atoms with van der Waals surface area (Å²) in [7, 11) is 0. The number of carbonyl (C=O) groups is 1. The van der Waals surface area contributed by atoms with Gasteiger partial charge in [-0.2, -0.15) is 0 Å². The van der Waals surface area contributed by atoms with Gasteiger partial charge in [0.25, 0.3) is 11.2 Å². The first-order valence-electron chi connectivity index (χ1n) is 10.7. The molecule has 2 aliphatic heterocycles. The van der Waals surface area contributed by atoms with Crippen molar-refractivity contribution in [3.63, 3.8) is 0 Å². The summed E-state index contributed by atoms with van der Waals surface area (Å²) in [4.78, 5) is 42.0. The van der Waals surface area contributed by atoms with Crippen molar-refractivity contribution in [2.75, 3.05) is 13.4 Å². The Kier molecular flexibility index (Phi) is 5.69. The number of rotatable bonds is 5. The van der Waals surface area contributed by atoms with Gasteiger partial charge in [0.1, 0.15) is 0 Å². The molecule has 2 aliphatic rings. The highest BCUT2D eigenvalue weighted by atomic mass is 32.1. The van der Waals surface area contributed by atoms with Crippen LogP contribution < -0.4 is 24.4 Å². The van der Waals surface area contributed by atoms with Crippen LogP contribution in [0.5, 0.6) is 11.5 Å². The van der Waals surface area contributed by atoms with Gasteiger partial charge in [-0.3, -0.25) is 19.5 Å². The van der Waals surface area contributed by atoms with Crippen molar-refractivity contribution in [2.45, 2.75) is 19.9 Å². The molecule has 0 bridgehead atoms. The lowest BCUT2D eigenvalue weighted by Gasteiger charge is -2.24. The first-order valence-corrected chi connectivity index (χ1v) is 11.5. The fraction of sp³-hybridized carbons (Fsp3) is 0.208. The number of nitro benzene ring substituents is 1. The Balaban J connectivity index is 1.68. The molecule has 0 N–H and O–H groups in total. The van der Waals surface area contributed by atoms with E-state index in [4.69, 9.17) is 14.2 Å². The van der Waals surface area contributed by atoms with Crippen LogP contribution in [0, 0.1) is 10.1 Å². The number of nitro groups is 1. The van der Waals surface area contributed by atoms with Crippen molar-refractivity contribution >= 4 is 29.1 Å². The summed E-state index contributed by atoms with van der Waals surface area (Å²) < 4.78 is 18.1. The fourth-order valence-electron chi connectivity index (χ4n) is 4.03. The van der Waals surface area contributed by atoms with E-state index in [-0.39, 0.29) is 30.2 Å². The first-order chi connectivity index (χ1) is 16.9. The largest absolute Gasteiger partial charge is 0.463 e. The maximum absolute atomic E-state index is 13.6. The zero-order valence-corrected chi connectivity index (χ0v) is 19.5. The second-order valence-corrected chi connectivity index (χ2v) is 8.77. The van der Waals surface area contributed by atoms with Gasteiger partial charge in [-0.25, -0.2) is 9.79 Å². The number of hydrogen-bond acceptors (Lipinski definition) is 9. The molecular weight excluding hydrogens is 474 g/mol. The molecule has 3 aromatic rings. The number of thiazole rings is 1. The summed E-state index contributed by atoms with van der Waals surface area (Å²) in [6, 6.07) is 10.4. The second kappa shape index (κ2) is 8.84. The Morgan fingerprint density at radius 2 is 2.00 bits per heavy atom. The predicted molar refractivity (Wildman–Crippen MR) is 126 cm³/mol. The van der Waals surface area contributed by atoms with Gasteiger partial charge in [-0.1, -0.05) is 17.4 Å². The lowest BCUT2D eigenvalue weighted by molar-refractivity contribution is -0.384. The van der Waals surface area contributed by atoms with Crippen LogP contribution in [-0.2, 0) is 9.53 Å². The third kappa shape index (κ3) is 3.99. The molecule has 0 amide bonds. The van der Waals surface area contributed by atoms with Crippen LogP contribution in [0.1, 0.15) is 31.0 Å². The molecule has 0 radical (unpaired) electrons. The van der Waals surface area contributed by atoms with Crippen LogP contribution in [0.15, 0.2) is 63.5 Å². The van der Waals surface area contributed by atoms with Gasteiger partial charge in [-0.05, 0) is 55.3 Å². The van der Waals surface area contributed by atoms with Gasteiger partial charge in [0.15, 0.2) is 16.3 Å². The SMILES string of the molecule is CCOC(=O)C1=C(C)N=c2s/c(=C\c3ccc([N+](=O)[O-])cc3)c(=O)n2[C@H]1c1ccc2c(c1)OCO2. The molecule has 178 valence electrons. The monoisotopic (exact) mass is 493 g/mol. The van der Waals surface area contributed by atoms with E-state index in [9.17, 15) is 19.7 Å². The third-order valence-corrected chi connectivity index (χ3v) is 6.61. The van der Waals surface area contributed by atoms with Crippen LogP contribution in [0.2, 0.25) is 0 Å². The molecule has 3 heterocycles.